The zero-order chi connectivity index (χ0) is 43.1. The summed E-state index contributed by atoms with van der Waals surface area (Å²) >= 11 is 0. The van der Waals surface area contributed by atoms with Crippen LogP contribution in [0.4, 0.5) is 0 Å². The van der Waals surface area contributed by atoms with E-state index in [0.717, 1.165) is 0 Å². The van der Waals surface area contributed by atoms with E-state index in [9.17, 15) is 0 Å². The van der Waals surface area contributed by atoms with Gasteiger partial charge in [-0.2, -0.15) is 0 Å². The molecule has 0 unspecified atom stereocenters. The average molecular weight is 859 g/mol. The first-order valence-electron chi connectivity index (χ1n) is 22.4. The second-order valence-corrected chi connectivity index (χ2v) is 25.1. The predicted octanol–water partition coefficient (Wildman–Crippen LogP) is 12.3. The molecule has 0 saturated heterocycles. The molecule has 10 rings (SSSR count). The Morgan fingerprint density at radius 1 is 0.172 bits per heavy atom. The van der Waals surface area contributed by atoms with Crippen LogP contribution in [-0.2, 0) is 10.3 Å². The second-order valence-electron chi connectivity index (χ2n) is 16.7. The average Bonchev–Trinajstić information content (AvgIpc) is 3.40. The van der Waals surface area contributed by atoms with Crippen LogP contribution in [-0.4, -0.2) is 0 Å². The molecule has 10 aromatic rings. The molecular formula is C62H52P2. The van der Waals surface area contributed by atoms with Crippen molar-refractivity contribution < 1.29 is 0 Å². The van der Waals surface area contributed by atoms with Gasteiger partial charge in [-0.05, 0) is 0 Å². The van der Waals surface area contributed by atoms with E-state index in [4.69, 9.17) is 0 Å². The molecule has 0 heterocycles. The van der Waals surface area contributed by atoms with E-state index in [2.05, 4.69) is 303 Å². The first-order chi connectivity index (χ1) is 31.8. The summed E-state index contributed by atoms with van der Waals surface area (Å²) in [4.78, 5) is -0.855. The quantitative estimate of drug-likeness (QED) is 0.0800. The summed E-state index contributed by atoms with van der Waals surface area (Å²) < 4.78 is 0. The summed E-state index contributed by atoms with van der Waals surface area (Å²) in [5, 5.41) is 8.10. The van der Waals surface area contributed by atoms with Gasteiger partial charge in [0, 0.05) is 0 Å². The van der Waals surface area contributed by atoms with Crippen molar-refractivity contribution in [3.63, 3.8) is 0 Å². The van der Waals surface area contributed by atoms with Gasteiger partial charge in [0.1, 0.15) is 0 Å². The van der Waals surface area contributed by atoms with Crippen LogP contribution in [0.2, 0.25) is 0 Å². The molecule has 0 amide bonds. The molecule has 0 saturated carbocycles. The Bertz CT molecular complexity index is 2390. The first-order valence-corrected chi connectivity index (χ1v) is 26.4. The zero-order valence-corrected chi connectivity index (χ0v) is 37.9. The van der Waals surface area contributed by atoms with Crippen LogP contribution in [0.3, 0.4) is 0 Å². The van der Waals surface area contributed by atoms with Crippen molar-refractivity contribution in [2.75, 3.05) is 0 Å². The van der Waals surface area contributed by atoms with Crippen LogP contribution in [0, 0.1) is 0 Å². The van der Waals surface area contributed by atoms with Crippen LogP contribution in [0.5, 0.6) is 0 Å². The van der Waals surface area contributed by atoms with Gasteiger partial charge >= 0.3 is 382 Å². The fourth-order valence-electron chi connectivity index (χ4n) is 11.8. The zero-order valence-electron chi connectivity index (χ0n) is 35.9. The fraction of sp³-hybridized carbons (Fsp3) is 0.0323. The van der Waals surface area contributed by atoms with Crippen molar-refractivity contribution >= 4 is 46.4 Å². The molecule has 0 aromatic heterocycles. The van der Waals surface area contributed by atoms with Crippen LogP contribution >= 0.6 is 14.5 Å². The molecule has 0 bridgehead atoms. The maximum atomic E-state index is 2.50. The van der Waals surface area contributed by atoms with Gasteiger partial charge in [0.15, 0.2) is 0 Å². The Hall–Kier alpha value is -6.94. The summed E-state index contributed by atoms with van der Waals surface area (Å²) in [5.74, 6) is 0. The molecule has 0 aliphatic heterocycles. The number of rotatable bonds is 13. The van der Waals surface area contributed by atoms with Crippen molar-refractivity contribution in [2.45, 2.75) is 10.3 Å². The van der Waals surface area contributed by atoms with Crippen LogP contribution in [0.1, 0.15) is 22.3 Å². The van der Waals surface area contributed by atoms with E-state index in [1.807, 2.05) is 0 Å². The van der Waals surface area contributed by atoms with E-state index in [1.54, 1.807) is 0 Å². The summed E-state index contributed by atoms with van der Waals surface area (Å²) in [5.41, 5.74) is 4.15. The van der Waals surface area contributed by atoms with Gasteiger partial charge < -0.3 is 0 Å². The van der Waals surface area contributed by atoms with Crippen molar-refractivity contribution in [2.24, 2.45) is 0 Å². The van der Waals surface area contributed by atoms with Crippen LogP contribution < -0.4 is 31.8 Å². The third-order valence-corrected chi connectivity index (χ3v) is 26.8. The van der Waals surface area contributed by atoms with Crippen LogP contribution in [0.25, 0.3) is 0 Å². The molecular weight excluding hydrogens is 807 g/mol. The number of hydrogen-bond donors (Lipinski definition) is 0. The molecule has 0 radical (unpaired) electrons. The van der Waals surface area contributed by atoms with Gasteiger partial charge in [-0.15, -0.1) is 0 Å². The van der Waals surface area contributed by atoms with Crippen molar-refractivity contribution in [3.05, 3.63) is 326 Å². The summed E-state index contributed by atoms with van der Waals surface area (Å²) in [7, 11) is -7.50. The topological polar surface area (TPSA) is 0 Å². The molecule has 0 atom stereocenters. The number of benzene rings is 10. The Morgan fingerprint density at radius 3 is 0.516 bits per heavy atom. The van der Waals surface area contributed by atoms with Crippen LogP contribution in [0.15, 0.2) is 303 Å². The molecule has 0 aliphatic rings. The monoisotopic (exact) mass is 858 g/mol. The third-order valence-electron chi connectivity index (χ3n) is 13.8. The van der Waals surface area contributed by atoms with Gasteiger partial charge in [0.2, 0.25) is 0 Å². The van der Waals surface area contributed by atoms with Gasteiger partial charge in [0.05, 0.1) is 0 Å². The van der Waals surface area contributed by atoms with Crippen molar-refractivity contribution in [1.29, 1.82) is 0 Å². The summed E-state index contributed by atoms with van der Waals surface area (Å²) in [6.07, 6.45) is 0. The Morgan fingerprint density at radius 2 is 0.328 bits per heavy atom. The van der Waals surface area contributed by atoms with E-state index in [1.165, 1.54) is 54.1 Å². The van der Waals surface area contributed by atoms with Crippen molar-refractivity contribution in [1.82, 2.24) is 0 Å². The molecule has 2 heteroatoms. The standard InChI is InChI=1S/C62H52P2/c1-11-31-51(32-12-1)61(52-33-13-2-14-34-52,53-35-15-3-16-36-53)62(54-37-17-4-18-38-54,63(55-39-19-5-20-40-55,56-41-21-6-22-42-56)57-43-23-7-24-44-57)64(58-45-25-8-26-46-58,59-47-27-9-28-48-59)60-49-29-10-30-50-60/h1-50,63-64H. The molecule has 310 valence electrons. The summed E-state index contributed by atoms with van der Waals surface area (Å²) in [6.45, 7) is 0. The van der Waals surface area contributed by atoms with E-state index < -0.39 is 24.8 Å². The SMILES string of the molecule is c1ccc(C(c2ccccc2)(c2ccccc2)C(c2ccccc2)([PH](c2ccccc2)(c2ccccc2)c2ccccc2)[PH](c2ccccc2)(c2ccccc2)c2ccccc2)cc1. The van der Waals surface area contributed by atoms with E-state index in [0.29, 0.717) is 0 Å². The number of hydrogen-bond acceptors (Lipinski definition) is 0. The molecule has 0 nitrogen and oxygen atoms in total. The van der Waals surface area contributed by atoms with Crippen molar-refractivity contribution in [3.8, 4) is 0 Å². The summed E-state index contributed by atoms with van der Waals surface area (Å²) in [6, 6.07) is 117. The molecule has 0 N–H and O–H groups in total. The second kappa shape index (κ2) is 18.0. The minimum absolute atomic E-state index is 0.855. The van der Waals surface area contributed by atoms with Gasteiger partial charge in [-0.3, -0.25) is 0 Å². The molecule has 10 aromatic carbocycles. The maximum absolute atomic E-state index is 3.75. The predicted molar refractivity (Wildman–Crippen MR) is 280 cm³/mol. The minimum atomic E-state index is -3.75. The van der Waals surface area contributed by atoms with Gasteiger partial charge in [0.25, 0.3) is 0 Å². The fourth-order valence-corrected chi connectivity index (χ4v) is 28.6. The molecule has 64 heavy (non-hydrogen) atoms. The van der Waals surface area contributed by atoms with E-state index in [-0.39, 0.29) is 0 Å². The molecule has 0 fully saturated rings. The van der Waals surface area contributed by atoms with Gasteiger partial charge in [-0.25, -0.2) is 0 Å². The Kier molecular flexibility index (Phi) is 11.6. The van der Waals surface area contributed by atoms with E-state index >= 15 is 0 Å². The molecule has 0 aliphatic carbocycles. The normalized spacial score (nSPS) is 13.3. The molecule has 0 spiro atoms. The van der Waals surface area contributed by atoms with Gasteiger partial charge in [-0.1, -0.05) is 0 Å². The Labute approximate surface area is 380 Å². The Balaban J connectivity index is 1.70. The first kappa shape index (κ1) is 41.1. The third kappa shape index (κ3) is 6.28.